The van der Waals surface area contributed by atoms with Crippen molar-refractivity contribution in [3.8, 4) is 11.5 Å². The van der Waals surface area contributed by atoms with Crippen molar-refractivity contribution in [3.05, 3.63) is 53.6 Å². The third kappa shape index (κ3) is 6.67. The van der Waals surface area contributed by atoms with Crippen molar-refractivity contribution in [1.82, 2.24) is 10.4 Å². The molecular formula is C30H40N2O7S. The second kappa shape index (κ2) is 12.7. The molecule has 1 amide bonds. The Bertz CT molecular complexity index is 1300. The standard InChI is InChI=1S/C30H40N2O7S/c1-21(2)39-28-14-7-23(20-22(28)3)27(33)6-4-5-19-38-25-10-12-26(13-11-25)40(36,37)30(29(34)31-35)15-17-32(18-16-30)24-8-9-24/h7,10-14,20-21,24,35H,4-6,8-9,15-19H2,1-3H3,(H,31,34). The summed E-state index contributed by atoms with van der Waals surface area (Å²) >= 11 is 0. The smallest absolute Gasteiger partial charge is 0.265 e. The number of rotatable bonds is 13. The number of likely N-dealkylation sites (tertiary alicyclic amines) is 1. The predicted octanol–water partition coefficient (Wildman–Crippen LogP) is 4.49. The van der Waals surface area contributed by atoms with E-state index in [0.29, 0.717) is 56.3 Å². The number of amides is 1. The van der Waals surface area contributed by atoms with Gasteiger partial charge in [-0.15, -0.1) is 0 Å². The number of hydroxylamine groups is 1. The summed E-state index contributed by atoms with van der Waals surface area (Å²) in [6.07, 6.45) is 4.26. The van der Waals surface area contributed by atoms with E-state index in [9.17, 15) is 23.2 Å². The van der Waals surface area contributed by atoms with Gasteiger partial charge >= 0.3 is 0 Å². The van der Waals surface area contributed by atoms with Gasteiger partial charge in [0.1, 0.15) is 11.5 Å². The van der Waals surface area contributed by atoms with Gasteiger partial charge in [0.15, 0.2) is 20.4 Å². The van der Waals surface area contributed by atoms with Crippen LogP contribution in [0.4, 0.5) is 0 Å². The second-order valence-corrected chi connectivity index (χ2v) is 13.3. The number of nitrogens with one attached hydrogen (secondary N) is 1. The molecule has 2 aromatic rings. The van der Waals surface area contributed by atoms with Crippen LogP contribution in [0.5, 0.6) is 11.5 Å². The highest BCUT2D eigenvalue weighted by atomic mass is 32.2. The Morgan fingerprint density at radius 1 is 1.07 bits per heavy atom. The van der Waals surface area contributed by atoms with Crippen LogP contribution < -0.4 is 15.0 Å². The molecule has 1 aliphatic carbocycles. The van der Waals surface area contributed by atoms with Gasteiger partial charge in [-0.05, 0) is 107 Å². The Labute approximate surface area is 236 Å². The van der Waals surface area contributed by atoms with Gasteiger partial charge < -0.3 is 14.4 Å². The van der Waals surface area contributed by atoms with Crippen molar-refractivity contribution in [3.63, 3.8) is 0 Å². The number of hydrogen-bond donors (Lipinski definition) is 2. The third-order valence-electron chi connectivity index (χ3n) is 7.76. The SMILES string of the molecule is Cc1cc(C(=O)CCCCOc2ccc(S(=O)(=O)C3(C(=O)NO)CCN(C4CC4)CC3)cc2)ccc1OC(C)C. The number of piperidine rings is 1. The van der Waals surface area contributed by atoms with Crippen molar-refractivity contribution in [2.75, 3.05) is 19.7 Å². The number of carbonyl (C=O) groups is 2. The van der Waals surface area contributed by atoms with E-state index < -0.39 is 20.5 Å². The highest BCUT2D eigenvalue weighted by Gasteiger charge is 2.54. The molecule has 1 saturated heterocycles. The van der Waals surface area contributed by atoms with E-state index in [-0.39, 0.29) is 29.6 Å². The minimum absolute atomic E-state index is 0.0222. The number of aryl methyl sites for hydroxylation is 1. The fourth-order valence-electron chi connectivity index (χ4n) is 5.28. The van der Waals surface area contributed by atoms with Crippen LogP contribution in [0.3, 0.4) is 0 Å². The molecule has 1 aliphatic heterocycles. The number of ketones is 1. The molecule has 2 aromatic carbocycles. The molecule has 0 atom stereocenters. The average Bonchev–Trinajstić information content (AvgIpc) is 3.79. The fraction of sp³-hybridized carbons (Fsp3) is 0.533. The zero-order chi connectivity index (χ0) is 28.9. The first-order chi connectivity index (χ1) is 19.1. The molecule has 0 unspecified atom stereocenters. The molecule has 218 valence electrons. The number of ether oxygens (including phenoxy) is 2. The van der Waals surface area contributed by atoms with Gasteiger partial charge in [-0.3, -0.25) is 14.8 Å². The second-order valence-electron chi connectivity index (χ2n) is 11.1. The minimum Gasteiger partial charge on any atom is -0.494 e. The monoisotopic (exact) mass is 572 g/mol. The normalized spacial score (nSPS) is 17.4. The van der Waals surface area contributed by atoms with E-state index in [0.717, 1.165) is 24.2 Å². The molecule has 40 heavy (non-hydrogen) atoms. The van der Waals surface area contributed by atoms with Crippen molar-refractivity contribution < 1.29 is 32.7 Å². The van der Waals surface area contributed by atoms with Crippen molar-refractivity contribution >= 4 is 21.5 Å². The highest BCUT2D eigenvalue weighted by molar-refractivity contribution is 7.93. The van der Waals surface area contributed by atoms with Crippen LogP contribution in [0.15, 0.2) is 47.4 Å². The minimum atomic E-state index is -4.06. The summed E-state index contributed by atoms with van der Waals surface area (Å²) in [5.41, 5.74) is 3.20. The number of carbonyl (C=O) groups excluding carboxylic acids is 2. The molecule has 1 saturated carbocycles. The first-order valence-electron chi connectivity index (χ1n) is 14.0. The summed E-state index contributed by atoms with van der Waals surface area (Å²) in [5, 5.41) is 9.36. The van der Waals surface area contributed by atoms with Crippen LogP contribution in [0.25, 0.3) is 0 Å². The summed E-state index contributed by atoms with van der Waals surface area (Å²) in [6.45, 7) is 7.23. The maximum atomic E-state index is 13.6. The fourth-order valence-corrected chi connectivity index (χ4v) is 7.24. The Kier molecular flexibility index (Phi) is 9.53. The topological polar surface area (TPSA) is 122 Å². The molecule has 2 aliphatic rings. The summed E-state index contributed by atoms with van der Waals surface area (Å²) < 4.78 is 37.0. The van der Waals surface area contributed by atoms with E-state index in [1.165, 1.54) is 12.1 Å². The van der Waals surface area contributed by atoms with Crippen LogP contribution >= 0.6 is 0 Å². The maximum Gasteiger partial charge on any atom is 0.265 e. The Morgan fingerprint density at radius 2 is 1.75 bits per heavy atom. The number of sulfone groups is 1. The number of unbranched alkanes of at least 4 members (excludes halogenated alkanes) is 1. The van der Waals surface area contributed by atoms with Crippen LogP contribution in [0.2, 0.25) is 0 Å². The van der Waals surface area contributed by atoms with Crippen molar-refractivity contribution in [1.29, 1.82) is 0 Å². The summed E-state index contributed by atoms with van der Waals surface area (Å²) in [6, 6.07) is 12.0. The largest absolute Gasteiger partial charge is 0.494 e. The third-order valence-corrected chi connectivity index (χ3v) is 10.3. The number of benzene rings is 2. The molecule has 10 heteroatoms. The lowest BCUT2D eigenvalue weighted by Gasteiger charge is -2.39. The van der Waals surface area contributed by atoms with Crippen molar-refractivity contribution in [2.45, 2.75) is 87.5 Å². The molecule has 2 fully saturated rings. The lowest BCUT2D eigenvalue weighted by Crippen LogP contribution is -2.58. The Morgan fingerprint density at radius 3 is 2.33 bits per heavy atom. The van der Waals surface area contributed by atoms with Crippen molar-refractivity contribution in [2.24, 2.45) is 0 Å². The quantitative estimate of drug-likeness (QED) is 0.156. The first-order valence-corrected chi connectivity index (χ1v) is 15.5. The Balaban J connectivity index is 1.28. The predicted molar refractivity (Wildman–Crippen MR) is 151 cm³/mol. The van der Waals surface area contributed by atoms with Gasteiger partial charge in [0.25, 0.3) is 5.91 Å². The van der Waals surface area contributed by atoms with Crippen LogP contribution in [-0.4, -0.2) is 66.8 Å². The Hall–Kier alpha value is -2.95. The number of nitrogens with zero attached hydrogens (tertiary/aromatic N) is 1. The van der Waals surface area contributed by atoms with E-state index in [1.807, 2.05) is 32.9 Å². The van der Waals surface area contributed by atoms with Gasteiger partial charge in [-0.25, -0.2) is 13.9 Å². The van der Waals surface area contributed by atoms with Gasteiger partial charge in [0.05, 0.1) is 17.6 Å². The highest BCUT2D eigenvalue weighted by Crippen LogP contribution is 2.39. The maximum absolute atomic E-state index is 13.6. The van der Waals surface area contributed by atoms with E-state index in [4.69, 9.17) is 9.47 Å². The van der Waals surface area contributed by atoms with Gasteiger partial charge in [-0.2, -0.15) is 0 Å². The van der Waals surface area contributed by atoms with E-state index >= 15 is 0 Å². The van der Waals surface area contributed by atoms with Crippen LogP contribution in [-0.2, 0) is 14.6 Å². The summed E-state index contributed by atoms with van der Waals surface area (Å²) in [5.74, 6) is 0.473. The molecule has 4 rings (SSSR count). The summed E-state index contributed by atoms with van der Waals surface area (Å²) in [4.78, 5) is 27.5. The molecule has 0 spiro atoms. The molecular weight excluding hydrogens is 532 g/mol. The van der Waals surface area contributed by atoms with E-state index in [2.05, 4.69) is 4.90 Å². The molecule has 9 nitrogen and oxygen atoms in total. The summed E-state index contributed by atoms with van der Waals surface area (Å²) in [7, 11) is -4.06. The first kappa shape index (κ1) is 30.0. The molecule has 0 radical (unpaired) electrons. The van der Waals surface area contributed by atoms with Crippen LogP contribution in [0.1, 0.15) is 74.7 Å². The van der Waals surface area contributed by atoms with Gasteiger partial charge in [0.2, 0.25) is 0 Å². The zero-order valence-corrected chi connectivity index (χ0v) is 24.3. The van der Waals surface area contributed by atoms with E-state index in [1.54, 1.807) is 23.7 Å². The molecule has 0 aromatic heterocycles. The number of Topliss-reactive ketones (excluding diaryl/α,β-unsaturated/α-hetero) is 1. The molecule has 0 bridgehead atoms. The van der Waals surface area contributed by atoms with Crippen LogP contribution in [0, 0.1) is 6.92 Å². The molecule has 2 N–H and O–H groups in total. The van der Waals surface area contributed by atoms with Gasteiger partial charge in [-0.1, -0.05) is 0 Å². The lowest BCUT2D eigenvalue weighted by atomic mass is 9.94. The number of hydrogen-bond acceptors (Lipinski definition) is 8. The zero-order valence-electron chi connectivity index (χ0n) is 23.5. The lowest BCUT2D eigenvalue weighted by molar-refractivity contribution is -0.133. The average molecular weight is 573 g/mol. The molecule has 1 heterocycles. The van der Waals surface area contributed by atoms with Gasteiger partial charge in [0, 0.05) is 31.1 Å².